The van der Waals surface area contributed by atoms with Crippen molar-refractivity contribution in [2.75, 3.05) is 20.1 Å². The maximum absolute atomic E-state index is 13.5. The van der Waals surface area contributed by atoms with Crippen LogP contribution in [0.5, 0.6) is 0 Å². The van der Waals surface area contributed by atoms with Gasteiger partial charge in [0.2, 0.25) is 11.7 Å². The van der Waals surface area contributed by atoms with Gasteiger partial charge in [-0.25, -0.2) is 4.39 Å². The molecule has 7 nitrogen and oxygen atoms in total. The van der Waals surface area contributed by atoms with E-state index in [9.17, 15) is 4.39 Å². The van der Waals surface area contributed by atoms with Crippen LogP contribution in [0.15, 0.2) is 58.2 Å². The van der Waals surface area contributed by atoms with Crippen molar-refractivity contribution in [1.82, 2.24) is 25.8 Å². The van der Waals surface area contributed by atoms with Crippen LogP contribution in [-0.4, -0.2) is 41.2 Å². The minimum atomic E-state index is -0.237. The highest BCUT2D eigenvalue weighted by Gasteiger charge is 2.09. The first-order valence-electron chi connectivity index (χ1n) is 9.91. The molecular weight excluding hydrogens is 546 g/mol. The normalized spacial score (nSPS) is 11.4. The average molecular weight is 569 g/mol. The Morgan fingerprint density at radius 2 is 1.88 bits per heavy atom. The van der Waals surface area contributed by atoms with Crippen LogP contribution >= 0.6 is 35.6 Å². The first kappa shape index (κ1) is 24.0. The minimum absolute atomic E-state index is 0. The number of halogens is 3. The van der Waals surface area contributed by atoms with E-state index in [4.69, 9.17) is 16.1 Å². The predicted molar refractivity (Wildman–Crippen MR) is 135 cm³/mol. The monoisotopic (exact) mass is 568 g/mol. The van der Waals surface area contributed by atoms with Crippen molar-refractivity contribution in [1.29, 1.82) is 0 Å². The summed E-state index contributed by atoms with van der Waals surface area (Å²) in [5, 5.41) is 12.1. The summed E-state index contributed by atoms with van der Waals surface area (Å²) in [5.74, 6) is 1.50. The molecule has 0 saturated carbocycles. The maximum atomic E-state index is 13.5. The number of aromatic amines is 1. The number of fused-ring (bicyclic) bond motifs is 1. The summed E-state index contributed by atoms with van der Waals surface area (Å²) < 4.78 is 18.8. The van der Waals surface area contributed by atoms with Crippen molar-refractivity contribution in [2.45, 2.75) is 12.8 Å². The molecular formula is C22H23ClFIN6O. The van der Waals surface area contributed by atoms with E-state index in [-0.39, 0.29) is 29.8 Å². The fourth-order valence-electron chi connectivity index (χ4n) is 3.25. The second-order valence-electron chi connectivity index (χ2n) is 6.95. The van der Waals surface area contributed by atoms with Gasteiger partial charge in [-0.2, -0.15) is 4.98 Å². The van der Waals surface area contributed by atoms with Crippen molar-refractivity contribution in [2.24, 2.45) is 4.99 Å². The number of H-pyrrole nitrogens is 1. The highest BCUT2D eigenvalue weighted by Crippen LogP contribution is 2.20. The molecule has 2 aromatic heterocycles. The zero-order valence-electron chi connectivity index (χ0n) is 17.4. The molecule has 0 radical (unpaired) electrons. The van der Waals surface area contributed by atoms with E-state index in [1.165, 1.54) is 6.07 Å². The number of aliphatic imine (C=N–C) groups is 1. The Morgan fingerprint density at radius 1 is 1.12 bits per heavy atom. The lowest BCUT2D eigenvalue weighted by molar-refractivity contribution is 0.378. The summed E-state index contributed by atoms with van der Waals surface area (Å²) in [6.07, 6.45) is 3.21. The lowest BCUT2D eigenvalue weighted by atomic mass is 10.1. The van der Waals surface area contributed by atoms with Crippen LogP contribution < -0.4 is 10.6 Å². The minimum Gasteiger partial charge on any atom is -0.361 e. The molecule has 0 atom stereocenters. The number of benzene rings is 2. The molecule has 4 aromatic rings. The van der Waals surface area contributed by atoms with E-state index in [0.29, 0.717) is 42.2 Å². The number of hydrogen-bond donors (Lipinski definition) is 3. The molecule has 0 aliphatic carbocycles. The van der Waals surface area contributed by atoms with Gasteiger partial charge in [-0.15, -0.1) is 24.0 Å². The molecule has 3 N–H and O–H groups in total. The first-order chi connectivity index (χ1) is 15.1. The molecule has 0 unspecified atom stereocenters. The lowest BCUT2D eigenvalue weighted by Gasteiger charge is -2.10. The molecule has 2 aromatic carbocycles. The second kappa shape index (κ2) is 11.3. The number of aromatic nitrogens is 3. The SMILES string of the molecule is CN=C(NCCc1nc(-c2ccc(Cl)cc2)no1)NCCc1c[nH]c2ccc(F)cc12.I. The third kappa shape index (κ3) is 5.98. The van der Waals surface area contributed by atoms with Crippen molar-refractivity contribution < 1.29 is 8.91 Å². The second-order valence-corrected chi connectivity index (χ2v) is 7.38. The van der Waals surface area contributed by atoms with Gasteiger partial charge in [0.1, 0.15) is 5.82 Å². The van der Waals surface area contributed by atoms with E-state index in [1.54, 1.807) is 31.3 Å². The Kier molecular flexibility index (Phi) is 8.46. The fourth-order valence-corrected chi connectivity index (χ4v) is 3.38. The van der Waals surface area contributed by atoms with Crippen LogP contribution in [0.2, 0.25) is 5.02 Å². The summed E-state index contributed by atoms with van der Waals surface area (Å²) >= 11 is 5.91. The van der Waals surface area contributed by atoms with Crippen LogP contribution in [0.25, 0.3) is 22.3 Å². The molecule has 0 aliphatic heterocycles. The Balaban J connectivity index is 0.00000289. The highest BCUT2D eigenvalue weighted by atomic mass is 127. The number of hydrogen-bond acceptors (Lipinski definition) is 4. The van der Waals surface area contributed by atoms with Gasteiger partial charge >= 0.3 is 0 Å². The Bertz CT molecular complexity index is 1190. The lowest BCUT2D eigenvalue weighted by Crippen LogP contribution is -2.39. The van der Waals surface area contributed by atoms with Crippen LogP contribution in [0.3, 0.4) is 0 Å². The number of guanidine groups is 1. The molecule has 168 valence electrons. The summed E-state index contributed by atoms with van der Waals surface area (Å²) in [6, 6.07) is 12.0. The molecule has 32 heavy (non-hydrogen) atoms. The number of rotatable bonds is 7. The van der Waals surface area contributed by atoms with E-state index in [0.717, 1.165) is 28.5 Å². The fraction of sp³-hybridized carbons (Fsp3) is 0.227. The first-order valence-corrected chi connectivity index (χ1v) is 10.3. The Morgan fingerprint density at radius 3 is 2.62 bits per heavy atom. The summed E-state index contributed by atoms with van der Waals surface area (Å²) in [7, 11) is 1.71. The zero-order chi connectivity index (χ0) is 21.6. The highest BCUT2D eigenvalue weighted by molar-refractivity contribution is 14.0. The topological polar surface area (TPSA) is 91.1 Å². The van der Waals surface area contributed by atoms with Gasteiger partial charge < -0.3 is 20.1 Å². The van der Waals surface area contributed by atoms with Crippen LogP contribution in [-0.2, 0) is 12.8 Å². The standard InChI is InChI=1S/C22H22ClFN6O.HI/c1-25-22(26-10-8-15-13-28-19-7-6-17(24)12-18(15)19)27-11-9-20-29-21(30-31-20)14-2-4-16(23)5-3-14;/h2-7,12-13,28H,8-11H2,1H3,(H2,25,26,27);1H. The summed E-state index contributed by atoms with van der Waals surface area (Å²) in [4.78, 5) is 11.8. The Hall–Kier alpha value is -2.66. The van der Waals surface area contributed by atoms with Crippen LogP contribution in [0.1, 0.15) is 11.5 Å². The summed E-state index contributed by atoms with van der Waals surface area (Å²) in [5.41, 5.74) is 2.83. The zero-order valence-corrected chi connectivity index (χ0v) is 20.4. The van der Waals surface area contributed by atoms with Crippen molar-refractivity contribution in [3.05, 3.63) is 71.0 Å². The third-order valence-corrected chi connectivity index (χ3v) is 5.09. The van der Waals surface area contributed by atoms with E-state index in [2.05, 4.69) is 30.8 Å². The molecule has 0 amide bonds. The van der Waals surface area contributed by atoms with Gasteiger partial charge in [-0.1, -0.05) is 16.8 Å². The van der Waals surface area contributed by atoms with Gasteiger partial charge in [0.15, 0.2) is 5.96 Å². The van der Waals surface area contributed by atoms with Gasteiger partial charge in [-0.3, -0.25) is 4.99 Å². The molecule has 0 bridgehead atoms. The largest absolute Gasteiger partial charge is 0.361 e. The van der Waals surface area contributed by atoms with Gasteiger partial charge in [0.25, 0.3) is 0 Å². The van der Waals surface area contributed by atoms with Crippen molar-refractivity contribution in [3.63, 3.8) is 0 Å². The molecule has 4 rings (SSSR count). The maximum Gasteiger partial charge on any atom is 0.228 e. The number of nitrogens with one attached hydrogen (secondary N) is 3. The Labute approximate surface area is 206 Å². The average Bonchev–Trinajstić information content (AvgIpc) is 3.40. The smallest absolute Gasteiger partial charge is 0.228 e. The van der Waals surface area contributed by atoms with Gasteiger partial charge in [0, 0.05) is 54.2 Å². The van der Waals surface area contributed by atoms with Gasteiger partial charge in [-0.05, 0) is 54.4 Å². The van der Waals surface area contributed by atoms with Crippen LogP contribution in [0.4, 0.5) is 4.39 Å². The van der Waals surface area contributed by atoms with E-state index < -0.39 is 0 Å². The number of nitrogens with zero attached hydrogens (tertiary/aromatic N) is 3. The van der Waals surface area contributed by atoms with E-state index >= 15 is 0 Å². The van der Waals surface area contributed by atoms with Crippen LogP contribution in [0, 0.1) is 5.82 Å². The molecule has 0 aliphatic rings. The molecule has 0 fully saturated rings. The molecule has 0 spiro atoms. The third-order valence-electron chi connectivity index (χ3n) is 4.84. The molecule has 2 heterocycles. The van der Waals surface area contributed by atoms with E-state index in [1.807, 2.05) is 18.3 Å². The van der Waals surface area contributed by atoms with Crippen molar-refractivity contribution in [3.8, 4) is 11.4 Å². The quantitative estimate of drug-likeness (QED) is 0.173. The van der Waals surface area contributed by atoms with Gasteiger partial charge in [0.05, 0.1) is 0 Å². The van der Waals surface area contributed by atoms with Crippen molar-refractivity contribution >= 4 is 52.4 Å². The predicted octanol–water partition coefficient (Wildman–Crippen LogP) is 4.58. The molecule has 0 saturated heterocycles. The summed E-state index contributed by atoms with van der Waals surface area (Å²) in [6.45, 7) is 1.24. The molecule has 10 heteroatoms.